The van der Waals surface area contributed by atoms with E-state index in [1.165, 1.54) is 12.8 Å². The maximum absolute atomic E-state index is 12.1. The Morgan fingerprint density at radius 3 is 2.48 bits per heavy atom. The summed E-state index contributed by atoms with van der Waals surface area (Å²) in [4.78, 5) is 16.7. The standard InChI is InChI=1S/C15H30N4O.ClH/c1-13-3-2-4-14(11-13)17-15(20)12-19-9-7-18(6-5-16)8-10-19;/h13-14H,2-12,16H2,1H3,(H,17,20);1H. The summed E-state index contributed by atoms with van der Waals surface area (Å²) in [6, 6.07) is 0.407. The number of amides is 1. The highest BCUT2D eigenvalue weighted by Crippen LogP contribution is 2.23. The van der Waals surface area contributed by atoms with Crippen molar-refractivity contribution in [2.75, 3.05) is 45.8 Å². The van der Waals surface area contributed by atoms with Crippen LogP contribution in [-0.2, 0) is 4.79 Å². The zero-order valence-corrected chi connectivity index (χ0v) is 14.0. The van der Waals surface area contributed by atoms with Gasteiger partial charge in [0.2, 0.25) is 5.91 Å². The van der Waals surface area contributed by atoms with Crippen LogP contribution in [0.5, 0.6) is 0 Å². The maximum Gasteiger partial charge on any atom is 0.234 e. The highest BCUT2D eigenvalue weighted by atomic mass is 35.5. The number of nitrogens with zero attached hydrogens (tertiary/aromatic N) is 2. The Labute approximate surface area is 135 Å². The summed E-state index contributed by atoms with van der Waals surface area (Å²) in [6.45, 7) is 8.57. The number of halogens is 1. The molecule has 0 aromatic carbocycles. The first kappa shape index (κ1) is 18.7. The van der Waals surface area contributed by atoms with Crippen LogP contribution in [0.25, 0.3) is 0 Å². The Kier molecular flexibility index (Phi) is 8.56. The molecule has 2 aliphatic rings. The molecule has 0 bridgehead atoms. The molecule has 3 N–H and O–H groups in total. The fourth-order valence-corrected chi connectivity index (χ4v) is 3.40. The summed E-state index contributed by atoms with van der Waals surface area (Å²) >= 11 is 0. The van der Waals surface area contributed by atoms with Gasteiger partial charge in [0.05, 0.1) is 6.54 Å². The van der Waals surface area contributed by atoms with Gasteiger partial charge in [-0.1, -0.05) is 19.8 Å². The normalized spacial score (nSPS) is 27.9. The van der Waals surface area contributed by atoms with Crippen LogP contribution in [0.4, 0.5) is 0 Å². The van der Waals surface area contributed by atoms with E-state index in [4.69, 9.17) is 5.73 Å². The van der Waals surface area contributed by atoms with Crippen LogP contribution in [-0.4, -0.2) is 67.6 Å². The van der Waals surface area contributed by atoms with Crippen LogP contribution in [0.3, 0.4) is 0 Å². The minimum Gasteiger partial charge on any atom is -0.352 e. The molecule has 0 spiro atoms. The first-order valence-corrected chi connectivity index (χ1v) is 8.11. The van der Waals surface area contributed by atoms with E-state index >= 15 is 0 Å². The largest absolute Gasteiger partial charge is 0.352 e. The van der Waals surface area contributed by atoms with E-state index in [2.05, 4.69) is 22.0 Å². The molecule has 2 fully saturated rings. The quantitative estimate of drug-likeness (QED) is 0.782. The van der Waals surface area contributed by atoms with Crippen molar-refractivity contribution in [3.05, 3.63) is 0 Å². The maximum atomic E-state index is 12.1. The number of nitrogens with one attached hydrogen (secondary N) is 1. The van der Waals surface area contributed by atoms with Crippen LogP contribution >= 0.6 is 12.4 Å². The molecule has 1 heterocycles. The summed E-state index contributed by atoms with van der Waals surface area (Å²) in [5, 5.41) is 3.22. The Bertz CT molecular complexity index is 308. The Morgan fingerprint density at radius 2 is 1.86 bits per heavy atom. The zero-order valence-electron chi connectivity index (χ0n) is 13.2. The van der Waals surface area contributed by atoms with Crippen molar-refractivity contribution in [3.8, 4) is 0 Å². The van der Waals surface area contributed by atoms with E-state index in [0.29, 0.717) is 12.6 Å². The van der Waals surface area contributed by atoms with Crippen molar-refractivity contribution >= 4 is 18.3 Å². The minimum absolute atomic E-state index is 0. The average molecular weight is 319 g/mol. The van der Waals surface area contributed by atoms with E-state index in [1.54, 1.807) is 0 Å². The molecule has 1 amide bonds. The van der Waals surface area contributed by atoms with Gasteiger partial charge in [-0.2, -0.15) is 0 Å². The molecule has 1 saturated carbocycles. The lowest BCUT2D eigenvalue weighted by atomic mass is 9.87. The Hall–Kier alpha value is -0.360. The second kappa shape index (κ2) is 9.62. The molecule has 21 heavy (non-hydrogen) atoms. The molecule has 6 heteroatoms. The van der Waals surface area contributed by atoms with E-state index in [1.807, 2.05) is 0 Å². The van der Waals surface area contributed by atoms with E-state index in [-0.39, 0.29) is 18.3 Å². The van der Waals surface area contributed by atoms with E-state index in [9.17, 15) is 4.79 Å². The number of hydrogen-bond acceptors (Lipinski definition) is 4. The smallest absolute Gasteiger partial charge is 0.234 e. The molecule has 0 aromatic rings. The third kappa shape index (κ3) is 6.51. The molecule has 0 radical (unpaired) electrons. The van der Waals surface area contributed by atoms with Gasteiger partial charge in [-0.15, -0.1) is 12.4 Å². The predicted octanol–water partition coefficient (Wildman–Crippen LogP) is 0.679. The molecule has 0 aromatic heterocycles. The van der Waals surface area contributed by atoms with Gasteiger partial charge in [-0.3, -0.25) is 14.6 Å². The van der Waals surface area contributed by atoms with Gasteiger partial charge in [0.1, 0.15) is 0 Å². The number of hydrogen-bond donors (Lipinski definition) is 2. The minimum atomic E-state index is 0. The van der Waals surface area contributed by atoms with Crippen molar-refractivity contribution in [1.82, 2.24) is 15.1 Å². The molecule has 1 saturated heterocycles. The van der Waals surface area contributed by atoms with E-state index < -0.39 is 0 Å². The Morgan fingerprint density at radius 1 is 1.19 bits per heavy atom. The molecule has 1 aliphatic carbocycles. The summed E-state index contributed by atoms with van der Waals surface area (Å²) in [5.41, 5.74) is 5.57. The first-order valence-electron chi connectivity index (χ1n) is 8.11. The van der Waals surface area contributed by atoms with E-state index in [0.717, 1.165) is 58.0 Å². The van der Waals surface area contributed by atoms with Crippen LogP contribution in [0.15, 0.2) is 0 Å². The second-order valence-corrected chi connectivity index (χ2v) is 6.44. The van der Waals surface area contributed by atoms with Crippen molar-refractivity contribution in [2.24, 2.45) is 11.7 Å². The van der Waals surface area contributed by atoms with Crippen LogP contribution in [0, 0.1) is 5.92 Å². The van der Waals surface area contributed by atoms with Crippen molar-refractivity contribution in [2.45, 2.75) is 38.6 Å². The van der Waals surface area contributed by atoms with Crippen LogP contribution in [0.2, 0.25) is 0 Å². The second-order valence-electron chi connectivity index (χ2n) is 6.44. The summed E-state index contributed by atoms with van der Waals surface area (Å²) in [7, 11) is 0. The van der Waals surface area contributed by atoms with Gasteiger partial charge >= 0.3 is 0 Å². The van der Waals surface area contributed by atoms with Gasteiger partial charge in [-0.05, 0) is 18.8 Å². The highest BCUT2D eigenvalue weighted by molar-refractivity contribution is 5.85. The number of carbonyl (C=O) groups excluding carboxylic acids is 1. The topological polar surface area (TPSA) is 61.6 Å². The molecule has 124 valence electrons. The molecular weight excluding hydrogens is 288 g/mol. The highest BCUT2D eigenvalue weighted by Gasteiger charge is 2.22. The monoisotopic (exact) mass is 318 g/mol. The van der Waals surface area contributed by atoms with Gasteiger partial charge in [0.25, 0.3) is 0 Å². The molecule has 5 nitrogen and oxygen atoms in total. The summed E-state index contributed by atoms with van der Waals surface area (Å²) in [6.07, 6.45) is 4.87. The number of nitrogens with two attached hydrogens (primary N) is 1. The first-order chi connectivity index (χ1) is 9.67. The van der Waals surface area contributed by atoms with Crippen LogP contribution in [0.1, 0.15) is 32.6 Å². The molecule has 2 rings (SSSR count). The average Bonchev–Trinajstić information content (AvgIpc) is 2.41. The lowest BCUT2D eigenvalue weighted by molar-refractivity contribution is -0.123. The van der Waals surface area contributed by atoms with Gasteiger partial charge < -0.3 is 11.1 Å². The lowest BCUT2D eigenvalue weighted by Gasteiger charge is -2.34. The number of rotatable bonds is 5. The fraction of sp³-hybridized carbons (Fsp3) is 0.933. The SMILES string of the molecule is CC1CCCC(NC(=O)CN2CCN(CCN)CC2)C1.Cl. The zero-order chi connectivity index (χ0) is 14.4. The molecule has 2 atom stereocenters. The summed E-state index contributed by atoms with van der Waals surface area (Å²) < 4.78 is 0. The van der Waals surface area contributed by atoms with Gasteiger partial charge in [0, 0.05) is 45.3 Å². The van der Waals surface area contributed by atoms with Gasteiger partial charge in [0.15, 0.2) is 0 Å². The molecular formula is C15H31ClN4O. The summed E-state index contributed by atoms with van der Waals surface area (Å²) in [5.74, 6) is 0.963. The number of piperazine rings is 1. The molecule has 2 unspecified atom stereocenters. The van der Waals surface area contributed by atoms with Crippen molar-refractivity contribution in [1.29, 1.82) is 0 Å². The third-order valence-electron chi connectivity index (χ3n) is 4.58. The third-order valence-corrected chi connectivity index (χ3v) is 4.58. The predicted molar refractivity (Wildman–Crippen MR) is 88.7 cm³/mol. The molecule has 1 aliphatic heterocycles. The van der Waals surface area contributed by atoms with Crippen molar-refractivity contribution in [3.63, 3.8) is 0 Å². The van der Waals surface area contributed by atoms with Crippen LogP contribution < -0.4 is 11.1 Å². The fourth-order valence-electron chi connectivity index (χ4n) is 3.40. The van der Waals surface area contributed by atoms with Crippen molar-refractivity contribution < 1.29 is 4.79 Å². The van der Waals surface area contributed by atoms with Gasteiger partial charge in [-0.25, -0.2) is 0 Å². The number of carbonyl (C=O) groups is 1. The lowest BCUT2D eigenvalue weighted by Crippen LogP contribution is -2.51. The Balaban J connectivity index is 0.00000220.